The maximum absolute atomic E-state index is 12.6. The van der Waals surface area contributed by atoms with Gasteiger partial charge in [0.25, 0.3) is 0 Å². The quantitative estimate of drug-likeness (QED) is 0.601. The number of carbonyl (C=O) groups excluding carboxylic acids is 1. The van der Waals surface area contributed by atoms with Crippen molar-refractivity contribution in [1.29, 1.82) is 0 Å². The molecule has 0 N–H and O–H groups in total. The van der Waals surface area contributed by atoms with Crippen LogP contribution in [0, 0.1) is 6.92 Å². The first-order chi connectivity index (χ1) is 14.4. The van der Waals surface area contributed by atoms with E-state index < -0.39 is 15.6 Å². The first kappa shape index (κ1) is 20.6. The van der Waals surface area contributed by atoms with E-state index in [9.17, 15) is 13.2 Å². The Morgan fingerprint density at radius 3 is 2.47 bits per heavy atom. The van der Waals surface area contributed by atoms with Crippen LogP contribution in [-0.2, 0) is 14.6 Å². The van der Waals surface area contributed by atoms with Gasteiger partial charge in [-0.3, -0.25) is 4.79 Å². The minimum Gasteiger partial charge on any atom is -0.497 e. The Kier molecular flexibility index (Phi) is 5.66. The average Bonchev–Trinajstić information content (AvgIpc) is 3.17. The van der Waals surface area contributed by atoms with E-state index in [1.165, 1.54) is 0 Å². The van der Waals surface area contributed by atoms with Crippen LogP contribution >= 0.6 is 11.3 Å². The summed E-state index contributed by atoms with van der Waals surface area (Å²) in [5, 5.41) is 0.901. The Morgan fingerprint density at radius 1 is 1.10 bits per heavy atom. The number of ether oxygens (including phenoxy) is 1. The van der Waals surface area contributed by atoms with Gasteiger partial charge in [0.2, 0.25) is 5.91 Å². The molecule has 1 saturated heterocycles. The molecule has 1 fully saturated rings. The molecular formula is C21H23N3O4S2. The first-order valence-corrected chi connectivity index (χ1v) is 12.1. The highest BCUT2D eigenvalue weighted by molar-refractivity contribution is 7.92. The molecule has 0 unspecified atom stereocenters. The zero-order valence-electron chi connectivity index (χ0n) is 16.9. The molecule has 0 radical (unpaired) electrons. The lowest BCUT2D eigenvalue weighted by Gasteiger charge is -2.34. The van der Waals surface area contributed by atoms with Crippen molar-refractivity contribution in [3.63, 3.8) is 0 Å². The number of carbonyl (C=O) groups is 1. The van der Waals surface area contributed by atoms with Gasteiger partial charge in [-0.1, -0.05) is 29.0 Å². The summed E-state index contributed by atoms with van der Waals surface area (Å²) in [6.07, 6.45) is 0. The molecule has 1 aromatic heterocycles. The summed E-state index contributed by atoms with van der Waals surface area (Å²) in [5.74, 6) is -0.0658. The summed E-state index contributed by atoms with van der Waals surface area (Å²) < 4.78 is 31.4. The predicted molar refractivity (Wildman–Crippen MR) is 118 cm³/mol. The number of thiazole rings is 1. The van der Waals surface area contributed by atoms with Crippen LogP contribution in [0.2, 0.25) is 0 Å². The lowest BCUT2D eigenvalue weighted by atomic mass is 10.2. The van der Waals surface area contributed by atoms with Crippen LogP contribution in [-0.4, -0.2) is 63.3 Å². The Balaban J connectivity index is 1.39. The Bertz CT molecular complexity index is 1160. The van der Waals surface area contributed by atoms with Gasteiger partial charge in [-0.05, 0) is 37.3 Å². The second-order valence-electron chi connectivity index (χ2n) is 7.27. The summed E-state index contributed by atoms with van der Waals surface area (Å²) >= 11 is 1.59. The van der Waals surface area contributed by atoms with E-state index in [1.54, 1.807) is 47.6 Å². The van der Waals surface area contributed by atoms with Crippen molar-refractivity contribution in [2.75, 3.05) is 43.9 Å². The van der Waals surface area contributed by atoms with Crippen molar-refractivity contribution in [3.8, 4) is 5.75 Å². The van der Waals surface area contributed by atoms with Gasteiger partial charge in [0.05, 0.1) is 22.2 Å². The predicted octanol–water partition coefficient (Wildman–Crippen LogP) is 2.74. The van der Waals surface area contributed by atoms with Crippen molar-refractivity contribution in [3.05, 3.63) is 48.0 Å². The molecule has 9 heteroatoms. The van der Waals surface area contributed by atoms with E-state index >= 15 is 0 Å². The van der Waals surface area contributed by atoms with Crippen molar-refractivity contribution in [2.24, 2.45) is 0 Å². The van der Waals surface area contributed by atoms with Gasteiger partial charge in [-0.15, -0.1) is 0 Å². The number of fused-ring (bicyclic) bond motifs is 1. The van der Waals surface area contributed by atoms with Crippen molar-refractivity contribution in [1.82, 2.24) is 9.88 Å². The fourth-order valence-corrected chi connectivity index (χ4v) is 5.66. The average molecular weight is 446 g/mol. The fourth-order valence-electron chi connectivity index (χ4n) is 3.38. The zero-order chi connectivity index (χ0) is 21.3. The van der Waals surface area contributed by atoms with Crippen LogP contribution in [0.15, 0.2) is 47.4 Å². The summed E-state index contributed by atoms with van der Waals surface area (Å²) in [6, 6.07) is 12.4. The van der Waals surface area contributed by atoms with E-state index in [4.69, 9.17) is 4.74 Å². The minimum absolute atomic E-state index is 0.185. The Hall–Kier alpha value is -2.65. The SMILES string of the molecule is COc1ccc2nc(N3CCN(C(=O)CS(=O)(=O)c4ccc(C)cc4)CC3)sc2c1. The van der Waals surface area contributed by atoms with Crippen LogP contribution in [0.1, 0.15) is 5.56 Å². The normalized spacial score (nSPS) is 14.9. The van der Waals surface area contributed by atoms with Crippen molar-refractivity contribution in [2.45, 2.75) is 11.8 Å². The summed E-state index contributed by atoms with van der Waals surface area (Å²) in [5.41, 5.74) is 1.89. The number of nitrogens with zero attached hydrogens (tertiary/aromatic N) is 3. The number of piperazine rings is 1. The lowest BCUT2D eigenvalue weighted by molar-refractivity contribution is -0.128. The van der Waals surface area contributed by atoms with E-state index in [0.29, 0.717) is 26.2 Å². The number of aromatic nitrogens is 1. The Morgan fingerprint density at radius 2 is 1.80 bits per heavy atom. The molecule has 7 nitrogen and oxygen atoms in total. The standard InChI is InChI=1S/C21H23N3O4S2/c1-15-3-6-17(7-4-15)30(26,27)14-20(25)23-9-11-24(12-10-23)21-22-18-8-5-16(28-2)13-19(18)29-21/h3-8,13H,9-12,14H2,1-2H3. The monoisotopic (exact) mass is 445 g/mol. The van der Waals surface area contributed by atoms with Gasteiger partial charge in [-0.2, -0.15) is 0 Å². The highest BCUT2D eigenvalue weighted by Gasteiger charge is 2.27. The van der Waals surface area contributed by atoms with Gasteiger partial charge in [-0.25, -0.2) is 13.4 Å². The van der Waals surface area contributed by atoms with Crippen LogP contribution in [0.4, 0.5) is 5.13 Å². The van der Waals surface area contributed by atoms with Gasteiger partial charge >= 0.3 is 0 Å². The summed E-state index contributed by atoms with van der Waals surface area (Å²) in [4.78, 5) is 21.2. The zero-order valence-corrected chi connectivity index (χ0v) is 18.5. The maximum atomic E-state index is 12.6. The van der Waals surface area contributed by atoms with Crippen LogP contribution in [0.3, 0.4) is 0 Å². The number of amides is 1. The van der Waals surface area contributed by atoms with E-state index in [2.05, 4.69) is 9.88 Å². The highest BCUT2D eigenvalue weighted by Crippen LogP contribution is 2.31. The summed E-state index contributed by atoms with van der Waals surface area (Å²) in [7, 11) is -2.00. The number of benzene rings is 2. The molecule has 0 bridgehead atoms. The highest BCUT2D eigenvalue weighted by atomic mass is 32.2. The number of rotatable bonds is 5. The van der Waals surface area contributed by atoms with E-state index in [0.717, 1.165) is 26.7 Å². The number of sulfone groups is 1. The third-order valence-corrected chi connectivity index (χ3v) is 7.88. The molecule has 158 valence electrons. The molecular weight excluding hydrogens is 422 g/mol. The Labute approximate surface area is 179 Å². The van der Waals surface area contributed by atoms with Crippen molar-refractivity contribution < 1.29 is 17.9 Å². The smallest absolute Gasteiger partial charge is 0.238 e. The number of aryl methyl sites for hydroxylation is 1. The van der Waals surface area contributed by atoms with E-state index in [-0.39, 0.29) is 10.8 Å². The minimum atomic E-state index is -3.64. The van der Waals surface area contributed by atoms with Crippen LogP contribution in [0.25, 0.3) is 10.2 Å². The van der Waals surface area contributed by atoms with Gasteiger partial charge < -0.3 is 14.5 Å². The number of anilines is 1. The molecule has 4 rings (SSSR count). The molecule has 1 aliphatic rings. The molecule has 0 aliphatic carbocycles. The second-order valence-corrected chi connectivity index (χ2v) is 10.3. The molecule has 1 aliphatic heterocycles. The summed E-state index contributed by atoms with van der Waals surface area (Å²) in [6.45, 7) is 4.08. The number of methoxy groups -OCH3 is 1. The second kappa shape index (κ2) is 8.23. The molecule has 2 heterocycles. The van der Waals surface area contributed by atoms with Gasteiger partial charge in [0.1, 0.15) is 11.5 Å². The van der Waals surface area contributed by atoms with E-state index in [1.807, 2.05) is 25.1 Å². The number of hydrogen-bond donors (Lipinski definition) is 0. The third-order valence-electron chi connectivity index (χ3n) is 5.18. The van der Waals surface area contributed by atoms with Gasteiger partial charge in [0.15, 0.2) is 15.0 Å². The first-order valence-electron chi connectivity index (χ1n) is 9.62. The molecule has 30 heavy (non-hydrogen) atoms. The van der Waals surface area contributed by atoms with Crippen molar-refractivity contribution >= 4 is 42.4 Å². The number of hydrogen-bond acceptors (Lipinski definition) is 7. The van der Waals surface area contributed by atoms with Crippen LogP contribution in [0.5, 0.6) is 5.75 Å². The lowest BCUT2D eigenvalue weighted by Crippen LogP contribution is -2.50. The molecule has 0 saturated carbocycles. The molecule has 3 aromatic rings. The maximum Gasteiger partial charge on any atom is 0.238 e. The van der Waals surface area contributed by atoms with Crippen LogP contribution < -0.4 is 9.64 Å². The topological polar surface area (TPSA) is 79.8 Å². The van der Waals surface area contributed by atoms with Gasteiger partial charge in [0, 0.05) is 26.2 Å². The largest absolute Gasteiger partial charge is 0.497 e. The molecule has 0 spiro atoms. The molecule has 0 atom stereocenters. The fraction of sp³-hybridized carbons (Fsp3) is 0.333. The molecule has 1 amide bonds. The third kappa shape index (κ3) is 4.27. The molecule has 2 aromatic carbocycles.